The second-order valence-electron chi connectivity index (χ2n) is 8.14. The summed E-state index contributed by atoms with van der Waals surface area (Å²) in [5.41, 5.74) is 0.821. The number of aryl methyl sites for hydroxylation is 1. The summed E-state index contributed by atoms with van der Waals surface area (Å²) in [5.74, 6) is -1.75. The summed E-state index contributed by atoms with van der Waals surface area (Å²) >= 11 is 13.8. The average Bonchev–Trinajstić information content (AvgIpc) is 2.86. The topological polar surface area (TPSA) is 119 Å². The van der Waals surface area contributed by atoms with Crippen molar-refractivity contribution in [3.63, 3.8) is 0 Å². The van der Waals surface area contributed by atoms with Gasteiger partial charge in [-0.3, -0.25) is 14.9 Å². The van der Waals surface area contributed by atoms with Crippen LogP contribution in [0.3, 0.4) is 0 Å². The van der Waals surface area contributed by atoms with Crippen LogP contribution in [0.2, 0.25) is 10.0 Å². The van der Waals surface area contributed by atoms with Crippen molar-refractivity contribution in [1.82, 2.24) is 5.32 Å². The lowest BCUT2D eigenvalue weighted by atomic mass is 10.1. The van der Waals surface area contributed by atoms with Gasteiger partial charge in [0.05, 0.1) is 15.9 Å². The maximum absolute atomic E-state index is 13.3. The molecule has 4 amide bonds. The Balaban J connectivity index is 1.74. The lowest BCUT2D eigenvalue weighted by molar-refractivity contribution is -0.122. The van der Waals surface area contributed by atoms with Crippen LogP contribution in [0.25, 0.3) is 6.08 Å². The normalized spacial score (nSPS) is 14.9. The highest BCUT2D eigenvalue weighted by atomic mass is 127. The Morgan fingerprint density at radius 3 is 2.33 bits per heavy atom. The molecular weight excluding hydrogens is 682 g/mol. The molecule has 3 aromatic rings. The number of imide groups is 2. The number of ether oxygens (including phenoxy) is 1. The molecule has 0 unspecified atom stereocenters. The zero-order chi connectivity index (χ0) is 28.5. The van der Waals surface area contributed by atoms with Gasteiger partial charge in [-0.15, -0.1) is 0 Å². The molecule has 0 atom stereocenters. The van der Waals surface area contributed by atoms with Gasteiger partial charge in [-0.1, -0.05) is 29.3 Å². The Morgan fingerprint density at radius 1 is 1.00 bits per heavy atom. The number of carbonyl (C=O) groups excluding carboxylic acids is 3. The van der Waals surface area contributed by atoms with E-state index in [0.717, 1.165) is 4.90 Å². The number of carbonyl (C=O) groups is 3. The highest BCUT2D eigenvalue weighted by Gasteiger charge is 2.37. The predicted octanol–water partition coefficient (Wildman–Crippen LogP) is 5.74. The molecule has 1 aliphatic rings. The summed E-state index contributed by atoms with van der Waals surface area (Å²) in [7, 11) is -4.23. The maximum atomic E-state index is 13.3. The van der Waals surface area contributed by atoms with Crippen molar-refractivity contribution in [2.45, 2.75) is 18.7 Å². The van der Waals surface area contributed by atoms with E-state index in [1.807, 2.05) is 22.6 Å². The van der Waals surface area contributed by atoms with Gasteiger partial charge >= 0.3 is 16.1 Å². The fraction of sp³-hybridized carbons (Fsp3) is 0.115. The van der Waals surface area contributed by atoms with Gasteiger partial charge in [0.1, 0.15) is 10.5 Å². The van der Waals surface area contributed by atoms with E-state index in [2.05, 4.69) is 5.32 Å². The van der Waals surface area contributed by atoms with E-state index in [9.17, 15) is 22.8 Å². The highest BCUT2D eigenvalue weighted by Crippen LogP contribution is 2.37. The minimum Gasteiger partial charge on any atom is -0.490 e. The van der Waals surface area contributed by atoms with Crippen molar-refractivity contribution in [2.24, 2.45) is 0 Å². The number of barbiturate groups is 1. The lowest BCUT2D eigenvalue weighted by Crippen LogP contribution is -2.54. The summed E-state index contributed by atoms with van der Waals surface area (Å²) in [4.78, 5) is 39.3. The second-order valence-corrected chi connectivity index (χ2v) is 11.7. The van der Waals surface area contributed by atoms with Gasteiger partial charge in [-0.25, -0.2) is 9.69 Å². The van der Waals surface area contributed by atoms with Crippen molar-refractivity contribution in [3.8, 4) is 11.5 Å². The van der Waals surface area contributed by atoms with E-state index in [1.54, 1.807) is 26.0 Å². The van der Waals surface area contributed by atoms with E-state index in [4.69, 9.17) is 32.1 Å². The highest BCUT2D eigenvalue weighted by molar-refractivity contribution is 14.1. The van der Waals surface area contributed by atoms with Gasteiger partial charge < -0.3 is 8.92 Å². The minimum absolute atomic E-state index is 0.0658. The first kappa shape index (κ1) is 28.9. The zero-order valence-corrected chi connectivity index (χ0v) is 24.8. The molecule has 39 heavy (non-hydrogen) atoms. The molecule has 1 N–H and O–H groups in total. The molecule has 1 heterocycles. The second kappa shape index (κ2) is 11.5. The standard InChI is InChI=1S/C26H19Cl2IN2O7S/c1-3-37-22-12-15(11-20(29)23(22)38-39(35,36)18-8-6-16(27)7-9-18)10-19-24(32)30-26(34)31(25(19)33)21-13-17(28)5-4-14(21)2/h4-13H,3H2,1-2H3,(H,30,32,34)/b19-10+. The van der Waals surface area contributed by atoms with Crippen molar-refractivity contribution in [2.75, 3.05) is 11.5 Å². The molecule has 1 saturated heterocycles. The summed E-state index contributed by atoms with van der Waals surface area (Å²) in [6.45, 7) is 3.56. The minimum atomic E-state index is -4.23. The third kappa shape index (κ3) is 6.21. The number of nitrogens with zero attached hydrogens (tertiary/aromatic N) is 1. The van der Waals surface area contributed by atoms with Gasteiger partial charge in [-0.05, 0) is 102 Å². The quantitative estimate of drug-likeness (QED) is 0.145. The fourth-order valence-corrected chi connectivity index (χ4v) is 5.77. The van der Waals surface area contributed by atoms with Crippen LogP contribution in [0, 0.1) is 10.5 Å². The smallest absolute Gasteiger partial charge is 0.339 e. The first-order valence-electron chi connectivity index (χ1n) is 11.2. The number of hydrogen-bond acceptors (Lipinski definition) is 7. The van der Waals surface area contributed by atoms with E-state index >= 15 is 0 Å². The number of nitrogens with one attached hydrogen (secondary N) is 1. The van der Waals surface area contributed by atoms with Crippen LogP contribution >= 0.6 is 45.8 Å². The molecular formula is C26H19Cl2IN2O7S. The maximum Gasteiger partial charge on any atom is 0.339 e. The van der Waals surface area contributed by atoms with E-state index in [1.165, 1.54) is 48.5 Å². The van der Waals surface area contributed by atoms with Gasteiger partial charge in [0.25, 0.3) is 11.8 Å². The number of halogens is 3. The molecule has 3 aromatic carbocycles. The number of benzene rings is 3. The Kier molecular flexibility index (Phi) is 8.54. The summed E-state index contributed by atoms with van der Waals surface area (Å²) < 4.78 is 37.1. The molecule has 1 aliphatic heterocycles. The van der Waals surface area contributed by atoms with Gasteiger partial charge in [0.2, 0.25) is 0 Å². The van der Waals surface area contributed by atoms with Gasteiger partial charge in [0, 0.05) is 10.0 Å². The summed E-state index contributed by atoms with van der Waals surface area (Å²) in [6.07, 6.45) is 1.28. The monoisotopic (exact) mass is 700 g/mol. The summed E-state index contributed by atoms with van der Waals surface area (Å²) in [5, 5.41) is 2.83. The molecule has 0 saturated carbocycles. The van der Waals surface area contributed by atoms with Crippen LogP contribution in [-0.2, 0) is 19.7 Å². The number of amides is 4. The third-order valence-corrected chi connectivity index (χ3v) is 7.98. The number of urea groups is 1. The SMILES string of the molecule is CCOc1cc(/C=C2\C(=O)NC(=O)N(c3cc(Cl)ccc3C)C2=O)cc(I)c1OS(=O)(=O)c1ccc(Cl)cc1. The number of rotatable bonds is 7. The molecule has 9 nitrogen and oxygen atoms in total. The lowest BCUT2D eigenvalue weighted by Gasteiger charge is -2.27. The Morgan fingerprint density at radius 2 is 1.67 bits per heavy atom. The first-order chi connectivity index (χ1) is 18.4. The Bertz CT molecular complexity index is 1640. The molecule has 1 fully saturated rings. The molecule has 0 aliphatic carbocycles. The van der Waals surface area contributed by atoms with Gasteiger partial charge in [0.15, 0.2) is 11.5 Å². The van der Waals surface area contributed by atoms with Crippen LogP contribution in [0.5, 0.6) is 11.5 Å². The van der Waals surface area contributed by atoms with E-state index in [0.29, 0.717) is 24.7 Å². The van der Waals surface area contributed by atoms with Crippen LogP contribution in [-0.4, -0.2) is 32.9 Å². The zero-order valence-electron chi connectivity index (χ0n) is 20.3. The molecule has 0 aromatic heterocycles. The summed E-state index contributed by atoms with van der Waals surface area (Å²) in [6, 6.07) is 12.2. The van der Waals surface area contributed by atoms with E-state index < -0.39 is 28.0 Å². The van der Waals surface area contributed by atoms with Crippen LogP contribution in [0.1, 0.15) is 18.1 Å². The van der Waals surface area contributed by atoms with Crippen molar-refractivity contribution in [1.29, 1.82) is 0 Å². The predicted molar refractivity (Wildman–Crippen MR) is 155 cm³/mol. The largest absolute Gasteiger partial charge is 0.490 e. The fourth-order valence-electron chi connectivity index (χ4n) is 3.64. The average molecular weight is 701 g/mol. The molecule has 0 radical (unpaired) electrons. The molecule has 0 bridgehead atoms. The van der Waals surface area contributed by atoms with Crippen LogP contribution < -0.4 is 19.1 Å². The van der Waals surface area contributed by atoms with Crippen LogP contribution in [0.4, 0.5) is 10.5 Å². The Labute approximate surface area is 247 Å². The Hall–Kier alpha value is -3.13. The van der Waals surface area contributed by atoms with E-state index in [-0.39, 0.29) is 34.3 Å². The number of anilines is 1. The van der Waals surface area contributed by atoms with Crippen molar-refractivity contribution >= 4 is 85.5 Å². The molecule has 13 heteroatoms. The number of hydrogen-bond donors (Lipinski definition) is 1. The van der Waals surface area contributed by atoms with Crippen LogP contribution in [0.15, 0.2) is 65.1 Å². The molecule has 4 rings (SSSR count). The third-order valence-electron chi connectivity index (χ3n) is 5.45. The first-order valence-corrected chi connectivity index (χ1v) is 14.5. The van der Waals surface area contributed by atoms with Gasteiger partial charge in [-0.2, -0.15) is 8.42 Å². The molecule has 0 spiro atoms. The van der Waals surface area contributed by atoms with Crippen molar-refractivity contribution < 1.29 is 31.7 Å². The molecule has 202 valence electrons. The van der Waals surface area contributed by atoms with Crippen molar-refractivity contribution in [3.05, 3.63) is 84.9 Å².